The van der Waals surface area contributed by atoms with E-state index in [4.69, 9.17) is 0 Å². The molecule has 1 N–H and O–H groups in total. The Balaban J connectivity index is 1.49. The van der Waals surface area contributed by atoms with Crippen molar-refractivity contribution in [3.63, 3.8) is 0 Å². The van der Waals surface area contributed by atoms with Crippen LogP contribution in [0.5, 0.6) is 0 Å². The number of anilines is 2. The molecular weight excluding hydrogens is 322 g/mol. The molecule has 0 bridgehead atoms. The van der Waals surface area contributed by atoms with Crippen LogP contribution in [0.15, 0.2) is 30.6 Å². The summed E-state index contributed by atoms with van der Waals surface area (Å²) in [5, 5.41) is 3.48. The number of nitrogens with zero attached hydrogens (tertiary/aromatic N) is 4. The lowest BCUT2D eigenvalue weighted by atomic mass is 9.96. The second-order valence-electron chi connectivity index (χ2n) is 7.69. The molecule has 2 aromatic rings. The molecule has 4 rings (SSSR count). The second kappa shape index (κ2) is 7.62. The summed E-state index contributed by atoms with van der Waals surface area (Å²) in [5.41, 5.74) is 5.38. The Morgan fingerprint density at radius 2 is 2.15 bits per heavy atom. The van der Waals surface area contributed by atoms with Gasteiger partial charge in [-0.05, 0) is 49.4 Å². The number of piperidine rings is 1. The van der Waals surface area contributed by atoms with Crippen LogP contribution in [0, 0.1) is 0 Å². The van der Waals surface area contributed by atoms with E-state index in [0.717, 1.165) is 32.0 Å². The summed E-state index contributed by atoms with van der Waals surface area (Å²) in [6, 6.07) is 9.07. The number of aryl methyl sites for hydroxylation is 1. The van der Waals surface area contributed by atoms with Crippen molar-refractivity contribution in [3.8, 4) is 0 Å². The predicted octanol–water partition coefficient (Wildman–Crippen LogP) is 2.96. The fourth-order valence-corrected chi connectivity index (χ4v) is 4.19. The maximum atomic E-state index is 4.54. The minimum absolute atomic E-state index is 0.512. The number of rotatable bonds is 4. The topological polar surface area (TPSA) is 44.3 Å². The first-order valence-corrected chi connectivity index (χ1v) is 9.77. The normalized spacial score (nSPS) is 19.9. The fraction of sp³-hybridized carbons (Fsp3) is 0.524. The molecule has 0 radical (unpaired) electrons. The predicted molar refractivity (Wildman–Crippen MR) is 107 cm³/mol. The van der Waals surface area contributed by atoms with Gasteiger partial charge in [-0.25, -0.2) is 9.97 Å². The van der Waals surface area contributed by atoms with Gasteiger partial charge < -0.3 is 15.1 Å². The van der Waals surface area contributed by atoms with Crippen molar-refractivity contribution >= 4 is 11.5 Å². The molecule has 3 heterocycles. The van der Waals surface area contributed by atoms with Gasteiger partial charge in [-0.3, -0.25) is 0 Å². The molecule has 5 nitrogen and oxygen atoms in total. The van der Waals surface area contributed by atoms with Gasteiger partial charge in [-0.1, -0.05) is 12.1 Å². The first-order valence-electron chi connectivity index (χ1n) is 9.77. The Labute approximate surface area is 156 Å². The Bertz CT molecular complexity index is 754. The summed E-state index contributed by atoms with van der Waals surface area (Å²) in [5.74, 6) is 1.52. The molecule has 26 heavy (non-hydrogen) atoms. The molecule has 0 unspecified atom stereocenters. The average molecular weight is 351 g/mol. The van der Waals surface area contributed by atoms with Crippen molar-refractivity contribution in [2.75, 3.05) is 43.5 Å². The van der Waals surface area contributed by atoms with Crippen molar-refractivity contribution in [2.45, 2.75) is 38.1 Å². The van der Waals surface area contributed by atoms with E-state index in [-0.39, 0.29) is 0 Å². The molecule has 1 atom stereocenters. The number of fused-ring (bicyclic) bond motifs is 1. The van der Waals surface area contributed by atoms with Crippen LogP contribution in [-0.4, -0.2) is 43.7 Å². The maximum absolute atomic E-state index is 4.54. The zero-order chi connectivity index (χ0) is 17.9. The molecule has 2 aliphatic rings. The van der Waals surface area contributed by atoms with Crippen molar-refractivity contribution in [3.05, 3.63) is 47.4 Å². The highest BCUT2D eigenvalue weighted by Crippen LogP contribution is 2.28. The molecule has 0 amide bonds. The summed E-state index contributed by atoms with van der Waals surface area (Å²) in [4.78, 5) is 13.6. The van der Waals surface area contributed by atoms with Gasteiger partial charge in [0.15, 0.2) is 0 Å². The van der Waals surface area contributed by atoms with E-state index in [0.29, 0.717) is 5.92 Å². The summed E-state index contributed by atoms with van der Waals surface area (Å²) in [6.07, 6.45) is 6.59. The van der Waals surface area contributed by atoms with Gasteiger partial charge in [0.1, 0.15) is 12.1 Å². The van der Waals surface area contributed by atoms with Crippen molar-refractivity contribution in [2.24, 2.45) is 0 Å². The molecule has 138 valence electrons. The van der Waals surface area contributed by atoms with Gasteiger partial charge >= 0.3 is 0 Å². The molecule has 1 aromatic carbocycles. The molecule has 1 aromatic heterocycles. The molecule has 2 aliphatic heterocycles. The third kappa shape index (κ3) is 3.68. The highest BCUT2D eigenvalue weighted by Gasteiger charge is 2.18. The van der Waals surface area contributed by atoms with Crippen molar-refractivity contribution in [1.82, 2.24) is 15.3 Å². The third-order valence-corrected chi connectivity index (χ3v) is 5.69. The molecule has 0 aliphatic carbocycles. The standard InChI is InChI=1S/C21H29N5/c1-25-10-4-6-17-11-16(7-8-20(17)25)14-26(2)21-12-19(23-15-24-21)18-5-3-9-22-13-18/h7-8,11-12,15,18,22H,3-6,9-10,13-14H2,1-2H3/t18-/m1/s1. The van der Waals surface area contributed by atoms with Crippen LogP contribution in [0.2, 0.25) is 0 Å². The van der Waals surface area contributed by atoms with E-state index in [1.54, 1.807) is 6.33 Å². The molecule has 1 saturated heterocycles. The van der Waals surface area contributed by atoms with E-state index < -0.39 is 0 Å². The van der Waals surface area contributed by atoms with E-state index in [9.17, 15) is 0 Å². The number of hydrogen-bond donors (Lipinski definition) is 1. The maximum Gasteiger partial charge on any atom is 0.132 e. The number of aromatic nitrogens is 2. The van der Waals surface area contributed by atoms with E-state index >= 15 is 0 Å². The second-order valence-corrected chi connectivity index (χ2v) is 7.69. The lowest BCUT2D eigenvalue weighted by Gasteiger charge is -2.28. The zero-order valence-corrected chi connectivity index (χ0v) is 15.9. The Kier molecular flexibility index (Phi) is 5.07. The van der Waals surface area contributed by atoms with E-state index in [1.165, 1.54) is 48.2 Å². The van der Waals surface area contributed by atoms with Crippen LogP contribution in [0.4, 0.5) is 11.5 Å². The molecule has 5 heteroatoms. The average Bonchev–Trinajstić information content (AvgIpc) is 2.69. The highest BCUT2D eigenvalue weighted by molar-refractivity contribution is 5.56. The summed E-state index contributed by atoms with van der Waals surface area (Å²) >= 11 is 0. The first kappa shape index (κ1) is 17.3. The third-order valence-electron chi connectivity index (χ3n) is 5.69. The number of hydrogen-bond acceptors (Lipinski definition) is 5. The zero-order valence-electron chi connectivity index (χ0n) is 15.9. The largest absolute Gasteiger partial charge is 0.374 e. The Hall–Kier alpha value is -2.14. The van der Waals surface area contributed by atoms with Gasteiger partial charge in [0.2, 0.25) is 0 Å². The lowest BCUT2D eigenvalue weighted by molar-refractivity contribution is 0.454. The lowest BCUT2D eigenvalue weighted by Crippen LogP contribution is -2.29. The summed E-state index contributed by atoms with van der Waals surface area (Å²) in [7, 11) is 4.31. The van der Waals surface area contributed by atoms with E-state index in [2.05, 4.69) is 63.4 Å². The Morgan fingerprint density at radius 3 is 3.00 bits per heavy atom. The van der Waals surface area contributed by atoms with Crippen LogP contribution < -0.4 is 15.1 Å². The Morgan fingerprint density at radius 1 is 1.23 bits per heavy atom. The first-order chi connectivity index (χ1) is 12.7. The molecule has 1 fully saturated rings. The van der Waals surface area contributed by atoms with Gasteiger partial charge in [0.05, 0.1) is 5.69 Å². The fourth-order valence-electron chi connectivity index (χ4n) is 4.19. The van der Waals surface area contributed by atoms with Gasteiger partial charge in [-0.15, -0.1) is 0 Å². The van der Waals surface area contributed by atoms with E-state index in [1.807, 2.05) is 0 Å². The van der Waals surface area contributed by atoms with Crippen LogP contribution in [0.1, 0.15) is 42.0 Å². The van der Waals surface area contributed by atoms with Crippen LogP contribution >= 0.6 is 0 Å². The smallest absolute Gasteiger partial charge is 0.132 e. The highest BCUT2D eigenvalue weighted by atomic mass is 15.2. The van der Waals surface area contributed by atoms with Crippen LogP contribution in [-0.2, 0) is 13.0 Å². The number of benzene rings is 1. The van der Waals surface area contributed by atoms with Gasteiger partial charge in [0.25, 0.3) is 0 Å². The van der Waals surface area contributed by atoms with Crippen molar-refractivity contribution in [1.29, 1.82) is 0 Å². The molecule has 0 saturated carbocycles. The van der Waals surface area contributed by atoms with Crippen LogP contribution in [0.25, 0.3) is 0 Å². The quantitative estimate of drug-likeness (QED) is 0.917. The van der Waals surface area contributed by atoms with Crippen LogP contribution in [0.3, 0.4) is 0 Å². The van der Waals surface area contributed by atoms with Gasteiger partial charge in [-0.2, -0.15) is 0 Å². The summed E-state index contributed by atoms with van der Waals surface area (Å²) in [6.45, 7) is 4.18. The molecular formula is C21H29N5. The minimum atomic E-state index is 0.512. The SMILES string of the molecule is CN(Cc1ccc2c(c1)CCCN2C)c1cc([C@@H]2CCCNC2)ncn1. The monoisotopic (exact) mass is 351 g/mol. The molecule has 0 spiro atoms. The summed E-state index contributed by atoms with van der Waals surface area (Å²) < 4.78 is 0. The van der Waals surface area contributed by atoms with Gasteiger partial charge in [0, 0.05) is 51.4 Å². The van der Waals surface area contributed by atoms with Crippen molar-refractivity contribution < 1.29 is 0 Å². The number of nitrogens with one attached hydrogen (secondary N) is 1. The minimum Gasteiger partial charge on any atom is -0.374 e.